The number of aliphatic carboxylic acids is 1. The molecule has 0 saturated carbocycles. The van der Waals surface area contributed by atoms with Crippen LogP contribution in [0.15, 0.2) is 0 Å². The summed E-state index contributed by atoms with van der Waals surface area (Å²) in [6.45, 7) is 5.48. The maximum Gasteiger partial charge on any atom is 0.328 e. The van der Waals surface area contributed by atoms with Gasteiger partial charge >= 0.3 is 5.97 Å². The summed E-state index contributed by atoms with van der Waals surface area (Å²) < 4.78 is 1.66. The molecule has 1 saturated heterocycles. The van der Waals surface area contributed by atoms with Crippen molar-refractivity contribution < 1.29 is 9.90 Å². The van der Waals surface area contributed by atoms with Crippen LogP contribution in [0, 0.1) is 0 Å². The van der Waals surface area contributed by atoms with Crippen molar-refractivity contribution >= 4 is 5.97 Å². The van der Waals surface area contributed by atoms with E-state index in [1.54, 1.807) is 4.68 Å². The summed E-state index contributed by atoms with van der Waals surface area (Å²) in [5, 5.41) is 13.9. The first-order chi connectivity index (χ1) is 10.1. The van der Waals surface area contributed by atoms with Crippen LogP contribution in [0.1, 0.15) is 69.7 Å². The van der Waals surface area contributed by atoms with Crippen LogP contribution in [0.3, 0.4) is 0 Å². The molecule has 0 radical (unpaired) electrons. The topological polar surface area (TPSA) is 71.2 Å². The van der Waals surface area contributed by atoms with Gasteiger partial charge in [-0.15, -0.1) is 0 Å². The molecular weight excluding hydrogens is 268 g/mol. The number of carboxylic acids is 1. The molecule has 0 bridgehead atoms. The van der Waals surface area contributed by atoms with Crippen LogP contribution >= 0.6 is 0 Å². The van der Waals surface area contributed by atoms with Gasteiger partial charge in [-0.2, -0.15) is 5.10 Å². The fourth-order valence-electron chi connectivity index (χ4n) is 3.59. The van der Waals surface area contributed by atoms with E-state index in [9.17, 15) is 9.90 Å². The zero-order chi connectivity index (χ0) is 15.0. The van der Waals surface area contributed by atoms with Gasteiger partial charge in [0.15, 0.2) is 11.9 Å². The predicted molar refractivity (Wildman–Crippen MR) is 78.1 cm³/mol. The molecule has 2 aliphatic heterocycles. The van der Waals surface area contributed by atoms with E-state index >= 15 is 0 Å². The average Bonchev–Trinajstić information content (AvgIpc) is 2.90. The number of carbonyl (C=O) groups is 1. The van der Waals surface area contributed by atoms with Crippen molar-refractivity contribution in [3.05, 3.63) is 11.6 Å². The van der Waals surface area contributed by atoms with Gasteiger partial charge in [-0.05, 0) is 46.1 Å². The molecule has 1 aromatic heterocycles. The van der Waals surface area contributed by atoms with Crippen LogP contribution in [0.5, 0.6) is 0 Å². The highest BCUT2D eigenvalue weighted by Crippen LogP contribution is 2.32. The summed E-state index contributed by atoms with van der Waals surface area (Å²) in [5.74, 6) is 0.876. The minimum Gasteiger partial charge on any atom is -0.480 e. The van der Waals surface area contributed by atoms with Gasteiger partial charge in [0, 0.05) is 12.5 Å². The third-order valence-corrected chi connectivity index (χ3v) is 4.68. The van der Waals surface area contributed by atoms with Crippen LogP contribution in [0.25, 0.3) is 0 Å². The Morgan fingerprint density at radius 2 is 2.10 bits per heavy atom. The molecule has 1 aromatic rings. The second-order valence-corrected chi connectivity index (χ2v) is 6.42. The van der Waals surface area contributed by atoms with Gasteiger partial charge in [-0.25, -0.2) is 14.5 Å². The third-order valence-electron chi connectivity index (χ3n) is 4.68. The molecule has 0 spiro atoms. The summed E-state index contributed by atoms with van der Waals surface area (Å²) in [5.41, 5.74) is 0. The zero-order valence-electron chi connectivity index (χ0n) is 12.8. The lowest BCUT2D eigenvalue weighted by Crippen LogP contribution is -2.39. The number of nitrogens with zero attached hydrogens (tertiary/aromatic N) is 4. The first kappa shape index (κ1) is 14.5. The number of piperidine rings is 1. The molecule has 0 aliphatic carbocycles. The third kappa shape index (κ3) is 2.69. The zero-order valence-corrected chi connectivity index (χ0v) is 12.8. The standard InChI is InChI=1S/C15H24N4O2/c1-10(2)18-9-4-3-6-11(18)14-16-13-8-5-7-12(15(20)21)19(13)17-14/h10-12H,3-9H2,1-2H3,(H,20,21). The largest absolute Gasteiger partial charge is 0.480 e. The number of hydrogen-bond acceptors (Lipinski definition) is 4. The lowest BCUT2D eigenvalue weighted by Gasteiger charge is -2.37. The molecule has 2 aliphatic rings. The van der Waals surface area contributed by atoms with Gasteiger partial charge in [-0.1, -0.05) is 6.42 Å². The van der Waals surface area contributed by atoms with E-state index in [2.05, 4.69) is 28.8 Å². The Bertz CT molecular complexity index is 526. The molecule has 116 valence electrons. The van der Waals surface area contributed by atoms with Gasteiger partial charge in [0.25, 0.3) is 0 Å². The molecule has 1 N–H and O–H groups in total. The van der Waals surface area contributed by atoms with Gasteiger partial charge in [0.1, 0.15) is 5.82 Å². The van der Waals surface area contributed by atoms with Crippen molar-refractivity contribution in [1.29, 1.82) is 0 Å². The van der Waals surface area contributed by atoms with E-state index in [4.69, 9.17) is 0 Å². The van der Waals surface area contributed by atoms with Crippen molar-refractivity contribution in [1.82, 2.24) is 19.7 Å². The monoisotopic (exact) mass is 292 g/mol. The summed E-state index contributed by atoms with van der Waals surface area (Å²) in [7, 11) is 0. The highest BCUT2D eigenvalue weighted by molar-refractivity contribution is 5.71. The highest BCUT2D eigenvalue weighted by atomic mass is 16.4. The number of rotatable bonds is 3. The number of fused-ring (bicyclic) bond motifs is 1. The molecule has 6 heteroatoms. The van der Waals surface area contributed by atoms with Crippen LogP contribution < -0.4 is 0 Å². The first-order valence-corrected chi connectivity index (χ1v) is 8.02. The Morgan fingerprint density at radius 1 is 1.29 bits per heavy atom. The molecule has 0 amide bonds. The molecule has 3 rings (SSSR count). The van der Waals surface area contributed by atoms with Crippen molar-refractivity contribution in [3.63, 3.8) is 0 Å². The second-order valence-electron chi connectivity index (χ2n) is 6.42. The van der Waals surface area contributed by atoms with E-state index in [0.717, 1.165) is 37.5 Å². The quantitative estimate of drug-likeness (QED) is 0.924. The fraction of sp³-hybridized carbons (Fsp3) is 0.800. The molecule has 3 heterocycles. The molecule has 0 aromatic carbocycles. The molecule has 2 unspecified atom stereocenters. The van der Waals surface area contributed by atoms with E-state index in [1.807, 2.05) is 0 Å². The minimum atomic E-state index is -0.795. The molecule has 2 atom stereocenters. The molecular formula is C15H24N4O2. The van der Waals surface area contributed by atoms with Gasteiger partial charge in [0.05, 0.1) is 6.04 Å². The first-order valence-electron chi connectivity index (χ1n) is 8.02. The van der Waals surface area contributed by atoms with E-state index < -0.39 is 12.0 Å². The van der Waals surface area contributed by atoms with Crippen LogP contribution in [-0.2, 0) is 11.2 Å². The summed E-state index contributed by atoms with van der Waals surface area (Å²) in [4.78, 5) is 18.5. The SMILES string of the molecule is CC(C)N1CCCCC1c1nc2n(n1)C(C(=O)O)CCC2. The molecule has 6 nitrogen and oxygen atoms in total. The van der Waals surface area contributed by atoms with Gasteiger partial charge < -0.3 is 5.11 Å². The number of hydrogen-bond donors (Lipinski definition) is 1. The van der Waals surface area contributed by atoms with Crippen molar-refractivity contribution in [2.24, 2.45) is 0 Å². The van der Waals surface area contributed by atoms with Crippen molar-refractivity contribution in [2.45, 2.75) is 70.5 Å². The minimum absolute atomic E-state index is 0.242. The second kappa shape index (κ2) is 5.75. The summed E-state index contributed by atoms with van der Waals surface area (Å²) in [6, 6.07) is 0.170. The van der Waals surface area contributed by atoms with Crippen LogP contribution in [0.2, 0.25) is 0 Å². The van der Waals surface area contributed by atoms with Crippen LogP contribution in [0.4, 0.5) is 0 Å². The lowest BCUT2D eigenvalue weighted by molar-refractivity contribution is -0.141. The smallest absolute Gasteiger partial charge is 0.328 e. The van der Waals surface area contributed by atoms with Crippen molar-refractivity contribution in [2.75, 3.05) is 6.54 Å². The maximum absolute atomic E-state index is 11.4. The van der Waals surface area contributed by atoms with E-state index in [-0.39, 0.29) is 6.04 Å². The van der Waals surface area contributed by atoms with Gasteiger partial charge in [0.2, 0.25) is 0 Å². The Balaban J connectivity index is 1.91. The Hall–Kier alpha value is -1.43. The van der Waals surface area contributed by atoms with Crippen LogP contribution in [-0.4, -0.2) is 43.3 Å². The Labute approximate surface area is 125 Å². The summed E-state index contributed by atoms with van der Waals surface area (Å²) in [6.07, 6.45) is 5.86. The molecule has 1 fully saturated rings. The van der Waals surface area contributed by atoms with E-state index in [0.29, 0.717) is 12.5 Å². The highest BCUT2D eigenvalue weighted by Gasteiger charge is 2.33. The number of carboxylic acid groups (broad SMARTS) is 1. The summed E-state index contributed by atoms with van der Waals surface area (Å²) >= 11 is 0. The number of aromatic nitrogens is 3. The Morgan fingerprint density at radius 3 is 2.81 bits per heavy atom. The average molecular weight is 292 g/mol. The van der Waals surface area contributed by atoms with Crippen molar-refractivity contribution in [3.8, 4) is 0 Å². The molecule has 21 heavy (non-hydrogen) atoms. The van der Waals surface area contributed by atoms with Gasteiger partial charge in [-0.3, -0.25) is 4.90 Å². The maximum atomic E-state index is 11.4. The fourth-order valence-corrected chi connectivity index (χ4v) is 3.59. The normalized spacial score (nSPS) is 26.8. The number of likely N-dealkylation sites (tertiary alicyclic amines) is 1. The Kier molecular flexibility index (Phi) is 3.97. The predicted octanol–water partition coefficient (Wildman–Crippen LogP) is 2.18. The van der Waals surface area contributed by atoms with E-state index in [1.165, 1.54) is 12.8 Å². The lowest BCUT2D eigenvalue weighted by atomic mass is 10.00. The number of aryl methyl sites for hydroxylation is 1.